The Kier molecular flexibility index (Phi) is 5.91. The molecule has 1 aromatic carbocycles. The number of ether oxygens (including phenoxy) is 1. The third-order valence-corrected chi connectivity index (χ3v) is 4.77. The van der Waals surface area contributed by atoms with Crippen molar-refractivity contribution in [3.05, 3.63) is 35.7 Å². The second kappa shape index (κ2) is 8.23. The molecule has 2 aromatic rings. The maximum atomic E-state index is 12.9. The van der Waals surface area contributed by atoms with E-state index in [1.54, 1.807) is 30.0 Å². The van der Waals surface area contributed by atoms with Crippen LogP contribution in [0.1, 0.15) is 56.7 Å². The highest BCUT2D eigenvalue weighted by Crippen LogP contribution is 2.24. The highest BCUT2D eigenvalue weighted by atomic mass is 16.6. The molecule has 8 nitrogen and oxygen atoms in total. The number of nitrogens with one attached hydrogen (secondary N) is 1. The average molecular weight is 400 g/mol. The summed E-state index contributed by atoms with van der Waals surface area (Å²) in [6, 6.07) is 7.09. The summed E-state index contributed by atoms with van der Waals surface area (Å²) in [6.07, 6.45) is 1.01. The number of nitrogens with zero attached hydrogens (tertiary/aromatic N) is 3. The molecule has 0 spiro atoms. The Morgan fingerprint density at radius 1 is 1.28 bits per heavy atom. The number of carbonyl (C=O) groups is 2. The van der Waals surface area contributed by atoms with Gasteiger partial charge >= 0.3 is 6.09 Å². The van der Waals surface area contributed by atoms with Gasteiger partial charge in [0.1, 0.15) is 5.60 Å². The summed E-state index contributed by atoms with van der Waals surface area (Å²) in [4.78, 5) is 31.2. The van der Waals surface area contributed by atoms with Crippen molar-refractivity contribution in [1.29, 1.82) is 0 Å². The molecule has 0 saturated carbocycles. The van der Waals surface area contributed by atoms with Gasteiger partial charge in [0.2, 0.25) is 0 Å². The molecule has 8 heteroatoms. The van der Waals surface area contributed by atoms with Crippen molar-refractivity contribution < 1.29 is 18.8 Å². The minimum Gasteiger partial charge on any atom is -0.444 e. The van der Waals surface area contributed by atoms with Crippen molar-refractivity contribution >= 4 is 12.0 Å². The van der Waals surface area contributed by atoms with E-state index in [2.05, 4.69) is 15.5 Å². The van der Waals surface area contributed by atoms with E-state index >= 15 is 0 Å². The van der Waals surface area contributed by atoms with Crippen molar-refractivity contribution in [2.24, 2.45) is 0 Å². The molecule has 156 valence electrons. The van der Waals surface area contributed by atoms with Gasteiger partial charge in [0.05, 0.1) is 11.1 Å². The zero-order valence-electron chi connectivity index (χ0n) is 17.6. The van der Waals surface area contributed by atoms with Gasteiger partial charge in [-0.1, -0.05) is 17.3 Å². The van der Waals surface area contributed by atoms with Crippen LogP contribution in [-0.2, 0) is 4.74 Å². The number of piperidine rings is 1. The van der Waals surface area contributed by atoms with Crippen LogP contribution in [0.4, 0.5) is 4.79 Å². The molecule has 0 bridgehead atoms. The number of aryl methyl sites for hydroxylation is 1. The van der Waals surface area contributed by atoms with Crippen LogP contribution in [0.25, 0.3) is 11.5 Å². The first kappa shape index (κ1) is 20.8. The van der Waals surface area contributed by atoms with Gasteiger partial charge in [-0.15, -0.1) is 0 Å². The number of hydrogen-bond donors (Lipinski definition) is 1. The Morgan fingerprint density at radius 3 is 2.62 bits per heavy atom. The summed E-state index contributed by atoms with van der Waals surface area (Å²) in [7, 11) is 0. The van der Waals surface area contributed by atoms with E-state index in [0.717, 1.165) is 0 Å². The van der Waals surface area contributed by atoms with Crippen molar-refractivity contribution in [1.82, 2.24) is 20.4 Å². The quantitative estimate of drug-likeness (QED) is 0.846. The second-order valence-electron chi connectivity index (χ2n) is 8.41. The molecule has 1 aromatic heterocycles. The number of aromatic nitrogens is 2. The second-order valence-corrected chi connectivity index (χ2v) is 8.41. The number of amides is 2. The van der Waals surface area contributed by atoms with Gasteiger partial charge in [0.25, 0.3) is 11.8 Å². The fourth-order valence-corrected chi connectivity index (χ4v) is 3.43. The van der Waals surface area contributed by atoms with E-state index < -0.39 is 5.60 Å². The number of likely N-dealkylation sites (tertiary alicyclic amines) is 1. The van der Waals surface area contributed by atoms with Crippen LogP contribution in [0.3, 0.4) is 0 Å². The van der Waals surface area contributed by atoms with Crippen LogP contribution in [-0.4, -0.2) is 51.3 Å². The van der Waals surface area contributed by atoms with Gasteiger partial charge in [-0.3, -0.25) is 4.79 Å². The number of benzene rings is 1. The van der Waals surface area contributed by atoms with Gasteiger partial charge < -0.3 is 19.5 Å². The number of hydrogen-bond acceptors (Lipinski definition) is 6. The first-order chi connectivity index (χ1) is 13.6. The maximum absolute atomic E-state index is 12.9. The predicted octanol–water partition coefficient (Wildman–Crippen LogP) is 3.56. The molecule has 2 heterocycles. The lowest BCUT2D eigenvalue weighted by atomic mass is 9.97. The average Bonchev–Trinajstić information content (AvgIpc) is 3.06. The van der Waals surface area contributed by atoms with E-state index in [4.69, 9.17) is 9.26 Å². The van der Waals surface area contributed by atoms with Crippen LogP contribution in [0.2, 0.25) is 0 Å². The molecular weight excluding hydrogens is 372 g/mol. The lowest BCUT2D eigenvalue weighted by molar-refractivity contribution is 0.00960. The van der Waals surface area contributed by atoms with Gasteiger partial charge in [-0.05, 0) is 59.6 Å². The van der Waals surface area contributed by atoms with Gasteiger partial charge in [-0.2, -0.15) is 4.98 Å². The van der Waals surface area contributed by atoms with E-state index in [1.165, 1.54) is 0 Å². The third-order valence-electron chi connectivity index (χ3n) is 4.77. The van der Waals surface area contributed by atoms with Crippen molar-refractivity contribution in [2.75, 3.05) is 6.54 Å². The molecule has 2 atom stereocenters. The maximum Gasteiger partial charge on any atom is 0.410 e. The fraction of sp³-hybridized carbons (Fsp3) is 0.524. The van der Waals surface area contributed by atoms with E-state index in [0.29, 0.717) is 42.2 Å². The molecule has 0 radical (unpaired) electrons. The van der Waals surface area contributed by atoms with Gasteiger partial charge in [0.15, 0.2) is 5.82 Å². The minimum absolute atomic E-state index is 0.0299. The topological polar surface area (TPSA) is 97.6 Å². The molecule has 0 unspecified atom stereocenters. The van der Waals surface area contributed by atoms with Crippen molar-refractivity contribution in [3.63, 3.8) is 0 Å². The van der Waals surface area contributed by atoms with E-state index in [9.17, 15) is 9.59 Å². The largest absolute Gasteiger partial charge is 0.444 e. The van der Waals surface area contributed by atoms with Crippen LogP contribution < -0.4 is 5.32 Å². The molecule has 0 aliphatic carbocycles. The lowest BCUT2D eigenvalue weighted by Crippen LogP contribution is -2.52. The Labute approximate surface area is 170 Å². The molecule has 1 aliphatic rings. The SMILES string of the molecule is Cc1noc(-c2ccccc2C(=O)N[C@H]2CCN(C(=O)OC(C)(C)C)[C@H](C)C2)n1. The van der Waals surface area contributed by atoms with Crippen LogP contribution in [0.5, 0.6) is 0 Å². The summed E-state index contributed by atoms with van der Waals surface area (Å²) in [6.45, 7) is 9.79. The molecule has 1 saturated heterocycles. The molecule has 1 fully saturated rings. The first-order valence-corrected chi connectivity index (χ1v) is 9.84. The molecule has 29 heavy (non-hydrogen) atoms. The third kappa shape index (κ3) is 5.13. The Bertz CT molecular complexity index is 887. The number of rotatable bonds is 3. The van der Waals surface area contributed by atoms with Crippen molar-refractivity contribution in [3.8, 4) is 11.5 Å². The first-order valence-electron chi connectivity index (χ1n) is 9.84. The van der Waals surface area contributed by atoms with Crippen LogP contribution in [0.15, 0.2) is 28.8 Å². The normalized spacial score (nSPS) is 19.7. The minimum atomic E-state index is -0.529. The Hall–Kier alpha value is -2.90. The molecule has 3 rings (SSSR count). The summed E-state index contributed by atoms with van der Waals surface area (Å²) >= 11 is 0. The summed E-state index contributed by atoms with van der Waals surface area (Å²) in [5.74, 6) is 0.638. The zero-order valence-corrected chi connectivity index (χ0v) is 17.6. The molecular formula is C21H28N4O4. The molecule has 1 aliphatic heterocycles. The summed E-state index contributed by atoms with van der Waals surface area (Å²) in [5.41, 5.74) is 0.557. The molecule has 2 amide bonds. The predicted molar refractivity (Wildman–Crippen MR) is 107 cm³/mol. The fourth-order valence-electron chi connectivity index (χ4n) is 3.43. The summed E-state index contributed by atoms with van der Waals surface area (Å²) < 4.78 is 10.7. The van der Waals surface area contributed by atoms with Crippen molar-refractivity contribution in [2.45, 2.75) is 65.1 Å². The number of carbonyl (C=O) groups excluding carboxylic acids is 2. The summed E-state index contributed by atoms with van der Waals surface area (Å²) in [5, 5.41) is 6.88. The molecule has 1 N–H and O–H groups in total. The van der Waals surface area contributed by atoms with E-state index in [1.807, 2.05) is 33.8 Å². The monoisotopic (exact) mass is 400 g/mol. The van der Waals surface area contributed by atoms with Crippen LogP contribution >= 0.6 is 0 Å². The van der Waals surface area contributed by atoms with E-state index in [-0.39, 0.29) is 24.1 Å². The highest BCUT2D eigenvalue weighted by molar-refractivity contribution is 6.00. The zero-order chi connectivity index (χ0) is 21.2. The Morgan fingerprint density at radius 2 is 2.00 bits per heavy atom. The smallest absolute Gasteiger partial charge is 0.410 e. The van der Waals surface area contributed by atoms with Gasteiger partial charge in [0, 0.05) is 18.6 Å². The standard InChI is InChI=1S/C21H28N4O4/c1-13-12-15(10-11-25(13)20(27)28-21(3,4)5)23-18(26)16-8-6-7-9-17(16)19-22-14(2)24-29-19/h6-9,13,15H,10-12H2,1-5H3,(H,23,26)/t13-,15+/m1/s1. The van der Waals surface area contributed by atoms with Gasteiger partial charge in [-0.25, -0.2) is 4.79 Å². The highest BCUT2D eigenvalue weighted by Gasteiger charge is 2.32. The van der Waals surface area contributed by atoms with Crippen LogP contribution in [0, 0.1) is 6.92 Å². The Balaban J connectivity index is 1.65. The lowest BCUT2D eigenvalue weighted by Gasteiger charge is -2.38.